The van der Waals surface area contributed by atoms with Gasteiger partial charge in [0.05, 0.1) is 18.2 Å². The molecule has 12 nitrogen and oxygen atoms in total. The van der Waals surface area contributed by atoms with Gasteiger partial charge in [0, 0.05) is 17.2 Å². The number of carbonyl (C=O) groups is 2. The van der Waals surface area contributed by atoms with E-state index < -0.39 is 28.2 Å². The molecule has 1 heterocycles. The summed E-state index contributed by atoms with van der Waals surface area (Å²) in [5.74, 6) is -1.01. The van der Waals surface area contributed by atoms with Gasteiger partial charge in [-0.3, -0.25) is 19.7 Å². The lowest BCUT2D eigenvalue weighted by atomic mass is 10.1. The second-order valence-electron chi connectivity index (χ2n) is 7.54. The van der Waals surface area contributed by atoms with Crippen molar-refractivity contribution < 1.29 is 33.8 Å². The molecule has 0 spiro atoms. The predicted octanol–water partition coefficient (Wildman–Crippen LogP) is 2.96. The molecule has 0 aromatic heterocycles. The summed E-state index contributed by atoms with van der Waals surface area (Å²) in [5, 5.41) is 27.5. The molecule has 0 fully saturated rings. The minimum absolute atomic E-state index is 0.0789. The fraction of sp³-hybridized carbons (Fsp3) is 0.0800. The number of fused-ring (bicyclic) bond motifs is 1. The topological polar surface area (TPSA) is 162 Å². The molecule has 37 heavy (non-hydrogen) atoms. The highest BCUT2D eigenvalue weighted by Crippen LogP contribution is 2.36. The molecule has 0 saturated heterocycles. The van der Waals surface area contributed by atoms with Crippen molar-refractivity contribution in [2.24, 2.45) is 5.10 Å². The molecule has 0 unspecified atom stereocenters. The Morgan fingerprint density at radius 1 is 1.08 bits per heavy atom. The molecule has 0 aliphatic carbocycles. The number of carbonyl (C=O) groups excluding carboxylic acids is 2. The number of rotatable bonds is 8. The Kier molecular flexibility index (Phi) is 7.29. The number of nitro benzene ring substituents is 1. The van der Waals surface area contributed by atoms with Crippen LogP contribution in [0, 0.1) is 10.1 Å². The van der Waals surface area contributed by atoms with Crippen molar-refractivity contribution in [2.75, 3.05) is 13.9 Å². The highest BCUT2D eigenvalue weighted by Gasteiger charge is 2.20. The molecule has 4 rings (SSSR count). The van der Waals surface area contributed by atoms with Gasteiger partial charge in [0.25, 0.3) is 11.8 Å². The second-order valence-corrected chi connectivity index (χ2v) is 7.54. The van der Waals surface area contributed by atoms with E-state index in [2.05, 4.69) is 15.8 Å². The van der Waals surface area contributed by atoms with Crippen LogP contribution < -0.4 is 25.0 Å². The van der Waals surface area contributed by atoms with Crippen LogP contribution in [0.25, 0.3) is 6.08 Å². The summed E-state index contributed by atoms with van der Waals surface area (Å²) < 4.78 is 15.6. The van der Waals surface area contributed by atoms with Gasteiger partial charge in [-0.05, 0) is 42.0 Å². The Morgan fingerprint density at radius 3 is 2.57 bits per heavy atom. The number of methoxy groups -OCH3 is 1. The Balaban J connectivity index is 1.58. The van der Waals surface area contributed by atoms with E-state index >= 15 is 0 Å². The van der Waals surface area contributed by atoms with Gasteiger partial charge in [-0.25, -0.2) is 5.43 Å². The Bertz CT molecular complexity index is 1420. The number of ether oxygens (including phenoxy) is 3. The maximum absolute atomic E-state index is 13.0. The van der Waals surface area contributed by atoms with E-state index in [4.69, 9.17) is 14.2 Å². The molecule has 0 atom stereocenters. The lowest BCUT2D eigenvalue weighted by molar-refractivity contribution is -0.386. The average Bonchev–Trinajstić information content (AvgIpc) is 3.37. The van der Waals surface area contributed by atoms with Crippen molar-refractivity contribution in [3.8, 4) is 23.0 Å². The number of benzene rings is 3. The number of hydrazone groups is 1. The summed E-state index contributed by atoms with van der Waals surface area (Å²) in [6, 6.07) is 15.7. The van der Waals surface area contributed by atoms with Gasteiger partial charge in [-0.2, -0.15) is 5.10 Å². The van der Waals surface area contributed by atoms with Crippen molar-refractivity contribution in [3.63, 3.8) is 0 Å². The zero-order valence-corrected chi connectivity index (χ0v) is 19.3. The van der Waals surface area contributed by atoms with Crippen molar-refractivity contribution in [2.45, 2.75) is 0 Å². The van der Waals surface area contributed by atoms with Gasteiger partial charge < -0.3 is 24.6 Å². The largest absolute Gasteiger partial charge is 0.500 e. The summed E-state index contributed by atoms with van der Waals surface area (Å²) in [4.78, 5) is 36.1. The molecule has 3 aromatic rings. The summed E-state index contributed by atoms with van der Waals surface area (Å²) in [7, 11) is 1.24. The minimum atomic E-state index is -0.779. The van der Waals surface area contributed by atoms with Crippen LogP contribution in [0.4, 0.5) is 5.69 Å². The fourth-order valence-electron chi connectivity index (χ4n) is 3.32. The van der Waals surface area contributed by atoms with E-state index in [1.54, 1.807) is 48.5 Å². The van der Waals surface area contributed by atoms with E-state index in [-0.39, 0.29) is 23.8 Å². The summed E-state index contributed by atoms with van der Waals surface area (Å²) in [6.07, 6.45) is 2.56. The molecular weight excluding hydrogens is 484 g/mol. The molecule has 3 N–H and O–H groups in total. The number of hydrogen-bond acceptors (Lipinski definition) is 9. The van der Waals surface area contributed by atoms with Crippen molar-refractivity contribution in [1.82, 2.24) is 10.7 Å². The molecule has 0 radical (unpaired) electrons. The predicted molar refractivity (Wildman–Crippen MR) is 132 cm³/mol. The van der Waals surface area contributed by atoms with Crippen LogP contribution in [-0.4, -0.2) is 42.0 Å². The number of hydrogen-bond donors (Lipinski definition) is 3. The van der Waals surface area contributed by atoms with Gasteiger partial charge in [-0.15, -0.1) is 0 Å². The lowest BCUT2D eigenvalue weighted by Crippen LogP contribution is -2.32. The van der Waals surface area contributed by atoms with Crippen molar-refractivity contribution >= 4 is 29.8 Å². The zero-order chi connectivity index (χ0) is 26.4. The number of phenols is 1. The smallest absolute Gasteiger partial charge is 0.315 e. The number of nitrogens with one attached hydrogen (secondary N) is 2. The average molecular weight is 504 g/mol. The van der Waals surface area contributed by atoms with E-state index in [0.29, 0.717) is 22.6 Å². The van der Waals surface area contributed by atoms with E-state index in [1.165, 1.54) is 19.3 Å². The highest BCUT2D eigenvalue weighted by molar-refractivity contribution is 6.05. The first-order valence-corrected chi connectivity index (χ1v) is 10.7. The SMILES string of the molecule is COc1cc(/C=N\NC(=O)/C(=C\c2ccc3c(c2)OCO3)NC(=O)c2ccccc2)cc([N+](=O)[O-])c1O. The van der Waals surface area contributed by atoms with Crippen molar-refractivity contribution in [1.29, 1.82) is 0 Å². The van der Waals surface area contributed by atoms with Gasteiger partial charge in [0.1, 0.15) is 5.70 Å². The van der Waals surface area contributed by atoms with E-state index in [1.807, 2.05) is 0 Å². The van der Waals surface area contributed by atoms with Crippen molar-refractivity contribution in [3.05, 3.63) is 93.2 Å². The summed E-state index contributed by atoms with van der Waals surface area (Å²) in [5.41, 5.74) is 2.62. The second kappa shape index (κ2) is 10.9. The van der Waals surface area contributed by atoms with Crippen LogP contribution >= 0.6 is 0 Å². The first-order chi connectivity index (χ1) is 17.9. The summed E-state index contributed by atoms with van der Waals surface area (Å²) in [6.45, 7) is 0.0789. The highest BCUT2D eigenvalue weighted by atomic mass is 16.7. The minimum Gasteiger partial charge on any atom is -0.500 e. The lowest BCUT2D eigenvalue weighted by Gasteiger charge is -2.09. The van der Waals surface area contributed by atoms with Gasteiger partial charge in [-0.1, -0.05) is 24.3 Å². The maximum Gasteiger partial charge on any atom is 0.315 e. The summed E-state index contributed by atoms with van der Waals surface area (Å²) >= 11 is 0. The van der Waals surface area contributed by atoms with Crippen LogP contribution in [0.3, 0.4) is 0 Å². The van der Waals surface area contributed by atoms with Crippen LogP contribution in [0.2, 0.25) is 0 Å². The Hall–Kier alpha value is -5.39. The fourth-order valence-corrected chi connectivity index (χ4v) is 3.32. The maximum atomic E-state index is 13.0. The molecule has 1 aliphatic rings. The number of nitrogens with zero attached hydrogens (tertiary/aromatic N) is 2. The van der Waals surface area contributed by atoms with E-state index in [0.717, 1.165) is 12.3 Å². The molecule has 2 amide bonds. The monoisotopic (exact) mass is 504 g/mol. The van der Waals surface area contributed by atoms with Crippen LogP contribution in [0.1, 0.15) is 21.5 Å². The zero-order valence-electron chi connectivity index (χ0n) is 19.3. The van der Waals surface area contributed by atoms with Crippen LogP contribution in [-0.2, 0) is 4.79 Å². The standard InChI is InChI=1S/C25H20N4O8/c1-35-22-12-16(10-19(23(22)30)29(33)34)13-26-28-25(32)18(27-24(31)17-5-3-2-4-6-17)9-15-7-8-20-21(11-15)37-14-36-20/h2-13,30H,14H2,1H3,(H,27,31)(H,28,32)/b18-9+,26-13-. The molecule has 188 valence electrons. The third-order valence-electron chi connectivity index (χ3n) is 5.11. The Morgan fingerprint density at radius 2 is 1.84 bits per heavy atom. The molecule has 1 aliphatic heterocycles. The molecule has 12 heteroatoms. The molecule has 0 saturated carbocycles. The number of aromatic hydroxyl groups is 1. The number of amides is 2. The third-order valence-corrected chi connectivity index (χ3v) is 5.11. The molecule has 3 aromatic carbocycles. The number of nitro groups is 1. The molecule has 0 bridgehead atoms. The van der Waals surface area contributed by atoms with E-state index in [9.17, 15) is 24.8 Å². The molecular formula is C25H20N4O8. The third kappa shape index (κ3) is 5.82. The first-order valence-electron chi connectivity index (χ1n) is 10.7. The van der Waals surface area contributed by atoms with Crippen LogP contribution in [0.5, 0.6) is 23.0 Å². The quantitative estimate of drug-likeness (QED) is 0.183. The van der Waals surface area contributed by atoms with Gasteiger partial charge in [0.15, 0.2) is 17.2 Å². The number of phenolic OH excluding ortho intramolecular Hbond substituents is 1. The Labute approximate surface area is 209 Å². The van der Waals surface area contributed by atoms with Gasteiger partial charge >= 0.3 is 5.69 Å². The normalized spacial score (nSPS) is 12.3. The van der Waals surface area contributed by atoms with Crippen LogP contribution in [0.15, 0.2) is 71.5 Å². The van der Waals surface area contributed by atoms with Gasteiger partial charge in [0.2, 0.25) is 12.5 Å². The first kappa shape index (κ1) is 24.7.